The van der Waals surface area contributed by atoms with Gasteiger partial charge in [-0.05, 0) is 43.7 Å². The van der Waals surface area contributed by atoms with Gasteiger partial charge in [-0.1, -0.05) is 31.0 Å². The number of hydrogen-bond acceptors (Lipinski definition) is 2. The Hall–Kier alpha value is -2.10. The number of amides is 2. The number of urea groups is 1. The smallest absolute Gasteiger partial charge is 0.321 e. The average Bonchev–Trinajstić information content (AvgIpc) is 3.26. The minimum Gasteiger partial charge on any atom is -0.321 e. The van der Waals surface area contributed by atoms with Crippen molar-refractivity contribution in [2.24, 2.45) is 5.92 Å². The van der Waals surface area contributed by atoms with Crippen LogP contribution in [0.5, 0.6) is 0 Å². The van der Waals surface area contributed by atoms with Gasteiger partial charge in [0.25, 0.3) is 0 Å². The number of pyridine rings is 1. The molecule has 4 rings (SSSR count). The second-order valence-corrected chi connectivity index (χ2v) is 6.76. The fourth-order valence-corrected chi connectivity index (χ4v) is 4.27. The Bertz CT molecular complexity index is 703. The fourth-order valence-electron chi connectivity index (χ4n) is 4.27. The van der Waals surface area contributed by atoms with Crippen LogP contribution >= 0.6 is 0 Å². The molecule has 0 bridgehead atoms. The largest absolute Gasteiger partial charge is 0.322 e. The van der Waals surface area contributed by atoms with E-state index in [2.05, 4.69) is 15.2 Å². The first-order chi connectivity index (χ1) is 11.3. The molecule has 2 aliphatic rings. The second kappa shape index (κ2) is 6.19. The summed E-state index contributed by atoms with van der Waals surface area (Å²) >= 11 is 0. The molecule has 1 aliphatic heterocycles. The monoisotopic (exact) mass is 309 g/mol. The number of nitrogens with one attached hydrogen (secondary N) is 1. The van der Waals surface area contributed by atoms with Gasteiger partial charge in [0.1, 0.15) is 0 Å². The minimum absolute atomic E-state index is 0.0394. The van der Waals surface area contributed by atoms with Gasteiger partial charge >= 0.3 is 6.03 Å². The van der Waals surface area contributed by atoms with E-state index in [4.69, 9.17) is 0 Å². The molecule has 0 radical (unpaired) electrons. The van der Waals surface area contributed by atoms with Crippen LogP contribution in [0, 0.1) is 5.92 Å². The number of hydrogen-bond donors (Lipinski definition) is 1. The molecule has 1 aromatic heterocycles. The number of carbonyl (C=O) groups excluding carboxylic acids is 1. The van der Waals surface area contributed by atoms with Crippen LogP contribution in [0.2, 0.25) is 0 Å². The maximum absolute atomic E-state index is 12.8. The van der Waals surface area contributed by atoms with Gasteiger partial charge in [-0.15, -0.1) is 0 Å². The Morgan fingerprint density at radius 1 is 1.09 bits per heavy atom. The Labute approximate surface area is 136 Å². The van der Waals surface area contributed by atoms with Gasteiger partial charge in [0, 0.05) is 24.2 Å². The van der Waals surface area contributed by atoms with E-state index in [0.29, 0.717) is 12.0 Å². The van der Waals surface area contributed by atoms with Crippen molar-refractivity contribution < 1.29 is 4.79 Å². The Morgan fingerprint density at radius 2 is 1.91 bits per heavy atom. The van der Waals surface area contributed by atoms with E-state index >= 15 is 0 Å². The predicted molar refractivity (Wildman–Crippen MR) is 92.4 cm³/mol. The molecule has 1 aromatic carbocycles. The maximum Gasteiger partial charge on any atom is 0.322 e. The third-order valence-electron chi connectivity index (χ3n) is 5.38. The molecule has 120 valence electrons. The van der Waals surface area contributed by atoms with Gasteiger partial charge in [0.05, 0.1) is 11.2 Å². The molecule has 1 atom stereocenters. The van der Waals surface area contributed by atoms with Gasteiger partial charge in [-0.3, -0.25) is 4.98 Å². The molecule has 2 aromatic rings. The zero-order valence-corrected chi connectivity index (χ0v) is 13.4. The highest BCUT2D eigenvalue weighted by Gasteiger charge is 2.35. The Balaban J connectivity index is 1.54. The Morgan fingerprint density at radius 3 is 2.78 bits per heavy atom. The highest BCUT2D eigenvalue weighted by molar-refractivity contribution is 5.99. The van der Waals surface area contributed by atoms with Crippen LogP contribution in [0.15, 0.2) is 36.5 Å². The third-order valence-corrected chi connectivity index (χ3v) is 5.38. The van der Waals surface area contributed by atoms with E-state index in [-0.39, 0.29) is 6.03 Å². The van der Waals surface area contributed by atoms with Crippen LogP contribution in [-0.4, -0.2) is 28.5 Å². The number of fused-ring (bicyclic) bond motifs is 1. The van der Waals surface area contributed by atoms with Crippen LogP contribution in [0.4, 0.5) is 10.5 Å². The lowest BCUT2D eigenvalue weighted by molar-refractivity contribution is 0.185. The molecule has 1 aliphatic carbocycles. The van der Waals surface area contributed by atoms with E-state index < -0.39 is 0 Å². The quantitative estimate of drug-likeness (QED) is 0.892. The van der Waals surface area contributed by atoms with Crippen molar-refractivity contribution in [3.05, 3.63) is 36.5 Å². The van der Waals surface area contributed by atoms with Crippen molar-refractivity contribution in [3.63, 3.8) is 0 Å². The SMILES string of the molecule is O=C(Nc1cccc2cccnc12)N1CCCC1C1CCCC1. The standard InChI is InChI=1S/C19H23N3O/c23-19(22-13-5-11-17(22)14-6-1-2-7-14)21-16-10-3-8-15-9-4-12-20-18(15)16/h3-4,8-10,12,14,17H,1-2,5-7,11,13H2,(H,21,23). The minimum atomic E-state index is 0.0394. The van der Waals surface area contributed by atoms with Crippen LogP contribution in [0.1, 0.15) is 38.5 Å². The number of likely N-dealkylation sites (tertiary alicyclic amines) is 1. The summed E-state index contributed by atoms with van der Waals surface area (Å²) in [6, 6.07) is 10.3. The molecule has 4 heteroatoms. The summed E-state index contributed by atoms with van der Waals surface area (Å²) in [4.78, 5) is 19.3. The summed E-state index contributed by atoms with van der Waals surface area (Å²) in [7, 11) is 0. The van der Waals surface area contributed by atoms with Crippen LogP contribution in [-0.2, 0) is 0 Å². The van der Waals surface area contributed by atoms with Crippen molar-refractivity contribution in [3.8, 4) is 0 Å². The van der Waals surface area contributed by atoms with E-state index in [1.807, 2.05) is 30.3 Å². The van der Waals surface area contributed by atoms with Crippen molar-refractivity contribution in [2.45, 2.75) is 44.6 Å². The molecule has 23 heavy (non-hydrogen) atoms. The normalized spacial score (nSPS) is 21.9. The third kappa shape index (κ3) is 2.78. The molecular formula is C19H23N3O. The molecule has 2 amide bonds. The summed E-state index contributed by atoms with van der Waals surface area (Å²) in [5.74, 6) is 0.703. The number of para-hydroxylation sites is 1. The number of nitrogens with zero attached hydrogens (tertiary/aromatic N) is 2. The van der Waals surface area contributed by atoms with Gasteiger partial charge in [-0.2, -0.15) is 0 Å². The highest BCUT2D eigenvalue weighted by Crippen LogP contribution is 2.35. The summed E-state index contributed by atoms with van der Waals surface area (Å²) in [5.41, 5.74) is 1.67. The predicted octanol–water partition coefficient (Wildman–Crippen LogP) is 4.42. The van der Waals surface area contributed by atoms with Crippen molar-refractivity contribution >= 4 is 22.6 Å². The molecule has 1 unspecified atom stereocenters. The zero-order chi connectivity index (χ0) is 15.6. The van der Waals surface area contributed by atoms with E-state index in [1.165, 1.54) is 25.7 Å². The second-order valence-electron chi connectivity index (χ2n) is 6.76. The van der Waals surface area contributed by atoms with Crippen LogP contribution in [0.3, 0.4) is 0 Å². The van der Waals surface area contributed by atoms with E-state index in [0.717, 1.165) is 36.0 Å². The average molecular weight is 309 g/mol. The lowest BCUT2D eigenvalue weighted by atomic mass is 9.96. The van der Waals surface area contributed by atoms with Crippen LogP contribution in [0.25, 0.3) is 10.9 Å². The van der Waals surface area contributed by atoms with Crippen molar-refractivity contribution in [2.75, 3.05) is 11.9 Å². The molecule has 2 fully saturated rings. The van der Waals surface area contributed by atoms with Crippen LogP contribution < -0.4 is 5.32 Å². The number of rotatable bonds is 2. The van der Waals surface area contributed by atoms with Gasteiger partial charge < -0.3 is 10.2 Å². The van der Waals surface area contributed by atoms with Crippen molar-refractivity contribution in [1.82, 2.24) is 9.88 Å². The molecule has 1 saturated carbocycles. The zero-order valence-electron chi connectivity index (χ0n) is 13.4. The fraction of sp³-hybridized carbons (Fsp3) is 0.474. The molecular weight excluding hydrogens is 286 g/mol. The maximum atomic E-state index is 12.8. The highest BCUT2D eigenvalue weighted by atomic mass is 16.2. The molecule has 1 N–H and O–H groups in total. The first-order valence-electron chi connectivity index (χ1n) is 8.74. The molecule has 0 spiro atoms. The Kier molecular flexibility index (Phi) is 3.90. The van der Waals surface area contributed by atoms with E-state index in [1.54, 1.807) is 6.20 Å². The molecule has 2 heterocycles. The van der Waals surface area contributed by atoms with Gasteiger partial charge in [0.2, 0.25) is 0 Å². The first-order valence-corrected chi connectivity index (χ1v) is 8.74. The van der Waals surface area contributed by atoms with Gasteiger partial charge in [0.15, 0.2) is 0 Å². The lowest BCUT2D eigenvalue weighted by Crippen LogP contribution is -2.42. The first kappa shape index (κ1) is 14.5. The van der Waals surface area contributed by atoms with Crippen molar-refractivity contribution in [1.29, 1.82) is 0 Å². The molecule has 1 saturated heterocycles. The summed E-state index contributed by atoms with van der Waals surface area (Å²) in [6.45, 7) is 0.880. The van der Waals surface area contributed by atoms with E-state index in [9.17, 15) is 4.79 Å². The summed E-state index contributed by atoms with van der Waals surface area (Å²) in [6.07, 6.45) is 9.27. The number of carbonyl (C=O) groups is 1. The number of aromatic nitrogens is 1. The topological polar surface area (TPSA) is 45.2 Å². The van der Waals surface area contributed by atoms with Gasteiger partial charge in [-0.25, -0.2) is 4.79 Å². The lowest BCUT2D eigenvalue weighted by Gasteiger charge is -2.29. The number of anilines is 1. The molecule has 4 nitrogen and oxygen atoms in total. The number of benzene rings is 1. The summed E-state index contributed by atoms with van der Waals surface area (Å²) < 4.78 is 0. The summed E-state index contributed by atoms with van der Waals surface area (Å²) in [5, 5.41) is 4.16.